The van der Waals surface area contributed by atoms with Crippen molar-refractivity contribution in [3.8, 4) is 0 Å². The van der Waals surface area contributed by atoms with Crippen molar-refractivity contribution < 1.29 is 13.5 Å². The molecule has 0 bridgehead atoms. The third-order valence-electron chi connectivity index (χ3n) is 2.61. The monoisotopic (exact) mass is 265 g/mol. The van der Waals surface area contributed by atoms with E-state index >= 15 is 0 Å². The van der Waals surface area contributed by atoms with E-state index in [-0.39, 0.29) is 17.0 Å². The van der Waals surface area contributed by atoms with Gasteiger partial charge in [0.2, 0.25) is 0 Å². The van der Waals surface area contributed by atoms with Gasteiger partial charge in [-0.15, -0.1) is 0 Å². The van der Waals surface area contributed by atoms with E-state index < -0.39 is 15.4 Å². The largest absolute Gasteiger partial charge is 0.389 e. The van der Waals surface area contributed by atoms with Crippen molar-refractivity contribution in [1.29, 1.82) is 0 Å². The molecule has 0 rings (SSSR count). The fourth-order valence-corrected chi connectivity index (χ4v) is 2.23. The molecule has 0 saturated carbocycles. The second-order valence-corrected chi connectivity index (χ2v) is 8.41. The molecule has 0 heterocycles. The lowest BCUT2D eigenvalue weighted by molar-refractivity contribution is 0.0440. The van der Waals surface area contributed by atoms with Gasteiger partial charge in [0.05, 0.1) is 11.4 Å². The molecule has 0 spiro atoms. The third-order valence-corrected chi connectivity index (χ3v) is 4.40. The van der Waals surface area contributed by atoms with Crippen molar-refractivity contribution in [2.24, 2.45) is 0 Å². The predicted octanol–water partition coefficient (Wildman–Crippen LogP) is 1.34. The van der Waals surface area contributed by atoms with Crippen molar-refractivity contribution in [3.63, 3.8) is 0 Å². The molecular formula is C12H27NO3S. The molecule has 0 aromatic carbocycles. The number of β-amino-alcohol motifs (C(OH)–C–C–N with tert-alkyl or cyclic N) is 1. The molecule has 0 amide bonds. The van der Waals surface area contributed by atoms with Gasteiger partial charge in [0.15, 0.2) is 0 Å². The standard InChI is InChI=1S/C12H27NO3S/c1-6-17(15,16)9-7-8-12(5,14)10-13-11(2,3)4/h13-14H,6-10H2,1-5H3. The molecule has 0 aromatic rings. The first-order chi connectivity index (χ1) is 7.47. The predicted molar refractivity (Wildman–Crippen MR) is 71.9 cm³/mol. The van der Waals surface area contributed by atoms with Crippen LogP contribution in [0.15, 0.2) is 0 Å². The van der Waals surface area contributed by atoms with Crippen LogP contribution in [0.25, 0.3) is 0 Å². The van der Waals surface area contributed by atoms with E-state index in [1.807, 2.05) is 20.8 Å². The molecule has 0 aliphatic heterocycles. The molecule has 1 atom stereocenters. The van der Waals surface area contributed by atoms with Crippen molar-refractivity contribution in [1.82, 2.24) is 5.32 Å². The van der Waals surface area contributed by atoms with Crippen LogP contribution in [0.3, 0.4) is 0 Å². The molecular weight excluding hydrogens is 238 g/mol. The van der Waals surface area contributed by atoms with E-state index in [2.05, 4.69) is 5.32 Å². The SMILES string of the molecule is CCS(=O)(=O)CCCC(C)(O)CNC(C)(C)C. The van der Waals surface area contributed by atoms with Crippen LogP contribution >= 0.6 is 0 Å². The van der Waals surface area contributed by atoms with Crippen LogP contribution in [0.4, 0.5) is 0 Å². The van der Waals surface area contributed by atoms with E-state index in [4.69, 9.17) is 0 Å². The highest BCUT2D eigenvalue weighted by molar-refractivity contribution is 7.91. The first-order valence-corrected chi connectivity index (χ1v) is 7.97. The van der Waals surface area contributed by atoms with Gasteiger partial charge >= 0.3 is 0 Å². The van der Waals surface area contributed by atoms with Crippen molar-refractivity contribution in [3.05, 3.63) is 0 Å². The molecule has 0 saturated heterocycles. The van der Waals surface area contributed by atoms with Crippen molar-refractivity contribution >= 4 is 9.84 Å². The number of hydrogen-bond acceptors (Lipinski definition) is 4. The number of rotatable bonds is 7. The Morgan fingerprint density at radius 1 is 1.18 bits per heavy atom. The number of aliphatic hydroxyl groups is 1. The minimum Gasteiger partial charge on any atom is -0.389 e. The maximum absolute atomic E-state index is 11.3. The smallest absolute Gasteiger partial charge is 0.150 e. The van der Waals surface area contributed by atoms with Gasteiger partial charge in [0.25, 0.3) is 0 Å². The van der Waals surface area contributed by atoms with Crippen LogP contribution in [-0.2, 0) is 9.84 Å². The third kappa shape index (κ3) is 9.56. The van der Waals surface area contributed by atoms with Gasteiger partial charge in [-0.25, -0.2) is 8.42 Å². The summed E-state index contributed by atoms with van der Waals surface area (Å²) in [6.07, 6.45) is 1.00. The molecule has 1 unspecified atom stereocenters. The lowest BCUT2D eigenvalue weighted by Crippen LogP contribution is -2.46. The van der Waals surface area contributed by atoms with Crippen molar-refractivity contribution in [2.45, 2.75) is 58.6 Å². The van der Waals surface area contributed by atoms with Gasteiger partial charge in [-0.3, -0.25) is 0 Å². The van der Waals surface area contributed by atoms with Crippen LogP contribution in [0.2, 0.25) is 0 Å². The zero-order valence-corrected chi connectivity index (χ0v) is 12.5. The summed E-state index contributed by atoms with van der Waals surface area (Å²) in [7, 11) is -2.92. The second-order valence-electron chi connectivity index (χ2n) is 5.94. The average Bonchev–Trinajstić information content (AvgIpc) is 2.13. The van der Waals surface area contributed by atoms with Crippen LogP contribution < -0.4 is 5.32 Å². The van der Waals surface area contributed by atoms with E-state index in [0.29, 0.717) is 19.4 Å². The van der Waals surface area contributed by atoms with Crippen LogP contribution in [0.1, 0.15) is 47.5 Å². The second kappa shape index (κ2) is 6.16. The molecule has 17 heavy (non-hydrogen) atoms. The summed E-state index contributed by atoms with van der Waals surface area (Å²) in [5.74, 6) is 0.338. The highest BCUT2D eigenvalue weighted by Gasteiger charge is 2.23. The van der Waals surface area contributed by atoms with Gasteiger partial charge in [-0.2, -0.15) is 0 Å². The normalized spacial score (nSPS) is 16.8. The van der Waals surface area contributed by atoms with Crippen LogP contribution in [0.5, 0.6) is 0 Å². The molecule has 0 aliphatic carbocycles. The summed E-state index contributed by atoms with van der Waals surface area (Å²) in [6, 6.07) is 0. The molecule has 0 fully saturated rings. The molecule has 104 valence electrons. The molecule has 0 radical (unpaired) electrons. The molecule has 0 aliphatic rings. The summed E-state index contributed by atoms with van der Waals surface area (Å²) in [6.45, 7) is 9.96. The first kappa shape index (κ1) is 16.9. The molecule has 2 N–H and O–H groups in total. The number of sulfone groups is 1. The maximum Gasteiger partial charge on any atom is 0.150 e. The fourth-order valence-electron chi connectivity index (χ4n) is 1.36. The van der Waals surface area contributed by atoms with Gasteiger partial charge in [-0.05, 0) is 40.5 Å². The minimum absolute atomic E-state index is 0.0422. The fraction of sp³-hybridized carbons (Fsp3) is 1.00. The van der Waals surface area contributed by atoms with Crippen LogP contribution in [-0.4, -0.2) is 42.7 Å². The summed E-state index contributed by atoms with van der Waals surface area (Å²) >= 11 is 0. The lowest BCUT2D eigenvalue weighted by Gasteiger charge is -2.29. The van der Waals surface area contributed by atoms with Gasteiger partial charge in [-0.1, -0.05) is 6.92 Å². The number of hydrogen-bond donors (Lipinski definition) is 2. The Labute approximate surface area is 106 Å². The average molecular weight is 265 g/mol. The van der Waals surface area contributed by atoms with Crippen molar-refractivity contribution in [2.75, 3.05) is 18.1 Å². The van der Waals surface area contributed by atoms with Gasteiger partial charge in [0.1, 0.15) is 9.84 Å². The maximum atomic E-state index is 11.3. The Kier molecular flexibility index (Phi) is 6.11. The Morgan fingerprint density at radius 2 is 1.71 bits per heavy atom. The highest BCUT2D eigenvalue weighted by atomic mass is 32.2. The molecule has 5 heteroatoms. The molecule has 0 aromatic heterocycles. The Bertz CT molecular complexity index is 315. The molecule has 4 nitrogen and oxygen atoms in total. The van der Waals surface area contributed by atoms with E-state index in [9.17, 15) is 13.5 Å². The topological polar surface area (TPSA) is 66.4 Å². The zero-order valence-electron chi connectivity index (χ0n) is 11.7. The summed E-state index contributed by atoms with van der Waals surface area (Å²) in [5, 5.41) is 13.3. The lowest BCUT2D eigenvalue weighted by atomic mass is 9.99. The van der Waals surface area contributed by atoms with Gasteiger partial charge < -0.3 is 10.4 Å². The zero-order chi connectivity index (χ0) is 13.7. The highest BCUT2D eigenvalue weighted by Crippen LogP contribution is 2.13. The Balaban J connectivity index is 4.02. The minimum atomic E-state index is -2.92. The summed E-state index contributed by atoms with van der Waals surface area (Å²) in [4.78, 5) is 0. The van der Waals surface area contributed by atoms with E-state index in [1.54, 1.807) is 13.8 Å². The van der Waals surface area contributed by atoms with Gasteiger partial charge in [0, 0.05) is 17.8 Å². The Hall–Kier alpha value is -0.130. The summed E-state index contributed by atoms with van der Waals surface area (Å²) in [5.41, 5.74) is -0.893. The summed E-state index contributed by atoms with van der Waals surface area (Å²) < 4.78 is 22.6. The van der Waals surface area contributed by atoms with E-state index in [1.165, 1.54) is 0 Å². The van der Waals surface area contributed by atoms with Crippen LogP contribution in [0, 0.1) is 0 Å². The van der Waals surface area contributed by atoms with E-state index in [0.717, 1.165) is 0 Å². The number of nitrogens with one attached hydrogen (secondary N) is 1. The first-order valence-electron chi connectivity index (χ1n) is 6.15. The Morgan fingerprint density at radius 3 is 2.12 bits per heavy atom. The quantitative estimate of drug-likeness (QED) is 0.729.